The van der Waals surface area contributed by atoms with Crippen LogP contribution in [-0.4, -0.2) is 43.1 Å². The first-order valence-corrected chi connectivity index (χ1v) is 14.2. The molecule has 5 heterocycles. The molecule has 0 fully saturated rings. The number of carboxylic acids is 2. The van der Waals surface area contributed by atoms with E-state index in [1.54, 1.807) is 0 Å². The third-order valence-electron chi connectivity index (χ3n) is 8.76. The van der Waals surface area contributed by atoms with Crippen LogP contribution in [-0.2, 0) is 22.4 Å². The van der Waals surface area contributed by atoms with Gasteiger partial charge >= 0.3 is 11.9 Å². The number of carbonyl (C=O) groups is 2. The molecule has 42 heavy (non-hydrogen) atoms. The summed E-state index contributed by atoms with van der Waals surface area (Å²) in [5.74, 6) is -1.69. The molecule has 0 spiro atoms. The van der Waals surface area contributed by atoms with Gasteiger partial charge in [0.25, 0.3) is 0 Å². The summed E-state index contributed by atoms with van der Waals surface area (Å²) in [5.41, 5.74) is 12.9. The van der Waals surface area contributed by atoms with Gasteiger partial charge in [-0.05, 0) is 92.2 Å². The fourth-order valence-corrected chi connectivity index (χ4v) is 6.34. The number of hydrogen-bond acceptors (Lipinski definition) is 3. The number of H-pyrrole nitrogens is 3. The van der Waals surface area contributed by atoms with E-state index in [0.717, 1.165) is 83.7 Å². The highest BCUT2D eigenvalue weighted by Gasteiger charge is 2.29. The molecule has 2 aliphatic rings. The Morgan fingerprint density at radius 2 is 1.45 bits per heavy atom. The lowest BCUT2D eigenvalue weighted by Crippen LogP contribution is -2.27. The molecule has 2 aliphatic heterocycles. The molecule has 0 amide bonds. The van der Waals surface area contributed by atoms with E-state index >= 15 is 0 Å². The van der Waals surface area contributed by atoms with Gasteiger partial charge in [-0.2, -0.15) is 0 Å². The molecule has 3 aromatic heterocycles. The van der Waals surface area contributed by atoms with Gasteiger partial charge in [0.2, 0.25) is 0 Å². The van der Waals surface area contributed by atoms with Gasteiger partial charge in [0.1, 0.15) is 0 Å². The van der Waals surface area contributed by atoms with Crippen LogP contribution in [0.5, 0.6) is 0 Å². The van der Waals surface area contributed by atoms with Crippen LogP contribution in [0.3, 0.4) is 0 Å². The van der Waals surface area contributed by atoms with Crippen LogP contribution in [0.15, 0.2) is 30.0 Å². The molecule has 0 saturated carbocycles. The van der Waals surface area contributed by atoms with E-state index in [1.165, 1.54) is 0 Å². The van der Waals surface area contributed by atoms with Crippen molar-refractivity contribution in [2.45, 2.75) is 65.8 Å². The fourth-order valence-electron chi connectivity index (χ4n) is 6.34. The number of hydrogen-bond donors (Lipinski definition) is 6. The number of carboxylic acid groups (broad SMARTS) is 2. The quantitative estimate of drug-likeness (QED) is 0.237. The normalized spacial score (nSPS) is 18.8. The van der Waals surface area contributed by atoms with E-state index in [9.17, 15) is 19.8 Å². The number of aromatic nitrogens is 3. The maximum Gasteiger partial charge on any atom is 0.303 e. The summed E-state index contributed by atoms with van der Waals surface area (Å²) in [6, 6.07) is -0.138. The number of rotatable bonds is 8. The number of aromatic amines is 3. The van der Waals surface area contributed by atoms with E-state index in [0.29, 0.717) is 19.3 Å². The highest BCUT2D eigenvalue weighted by atomic mass is 16.4. The summed E-state index contributed by atoms with van der Waals surface area (Å²) in [4.78, 5) is 33.9. The summed E-state index contributed by atoms with van der Waals surface area (Å²) >= 11 is 0. The molecular formula is C34H38N4O4. The predicted octanol–water partition coefficient (Wildman–Crippen LogP) is 4.61. The standard InChI is InChI=1S/C34H38N4O4/c1-7-21-17(3)25-13-26-19(5)23(9-11-33(39)40)31(37-26)16-32-24(10-12-34(41)42)20(6)28(38-32)15-30-22(8-2)18(4)27(36-30)14-29(21)35-25/h7-8,13-15,31,35-38H,1-2,9-12,16H2,3-6H3,(H,39,40)(H,41,42)/b26-13-,27-14-,30-15-. The Balaban J connectivity index is 1.80. The second-order valence-electron chi connectivity index (χ2n) is 11.2. The molecule has 0 aliphatic carbocycles. The van der Waals surface area contributed by atoms with Gasteiger partial charge in [-0.15, -0.1) is 0 Å². The van der Waals surface area contributed by atoms with Crippen molar-refractivity contribution in [2.75, 3.05) is 0 Å². The molecule has 6 N–H and O–H groups in total. The third-order valence-corrected chi connectivity index (χ3v) is 8.76. The van der Waals surface area contributed by atoms with Gasteiger partial charge in [-0.1, -0.05) is 25.3 Å². The Morgan fingerprint density at radius 1 is 0.810 bits per heavy atom. The van der Waals surface area contributed by atoms with E-state index in [4.69, 9.17) is 0 Å². The zero-order valence-electron chi connectivity index (χ0n) is 24.6. The Hall–Kier alpha value is -4.72. The molecule has 5 rings (SSSR count). The van der Waals surface area contributed by atoms with Crippen LogP contribution in [0.1, 0.15) is 82.3 Å². The van der Waals surface area contributed by atoms with Gasteiger partial charge in [-0.25, -0.2) is 0 Å². The molecule has 1 unspecified atom stereocenters. The first-order valence-electron chi connectivity index (χ1n) is 14.2. The number of aliphatic carboxylic acids is 2. The lowest BCUT2D eigenvalue weighted by Gasteiger charge is -2.17. The minimum atomic E-state index is -0.846. The van der Waals surface area contributed by atoms with Crippen LogP contribution in [0.25, 0.3) is 30.4 Å². The molecule has 0 aromatic carbocycles. The maximum absolute atomic E-state index is 11.6. The smallest absolute Gasteiger partial charge is 0.303 e. The van der Waals surface area contributed by atoms with Gasteiger partial charge in [0.05, 0.1) is 6.04 Å². The van der Waals surface area contributed by atoms with Gasteiger partial charge in [0, 0.05) is 69.6 Å². The van der Waals surface area contributed by atoms with E-state index in [-0.39, 0.29) is 18.9 Å². The topological polar surface area (TPSA) is 134 Å². The SMILES string of the molecule is C=Cc1c2[nH]c(c1C)/C=C1\NC(Cc3[nH]c(c(C)c3CCC(=O)O)/C=c3\[nH]/c(c(C)c3C=C)=C\2)C(CCC(=O)O)=C1C. The Kier molecular flexibility index (Phi) is 7.73. The first-order chi connectivity index (χ1) is 20.0. The summed E-state index contributed by atoms with van der Waals surface area (Å²) in [7, 11) is 0. The second-order valence-corrected chi connectivity index (χ2v) is 11.2. The molecule has 0 saturated heterocycles. The predicted molar refractivity (Wildman–Crippen MR) is 167 cm³/mol. The maximum atomic E-state index is 11.6. The van der Waals surface area contributed by atoms with E-state index in [2.05, 4.69) is 65.5 Å². The lowest BCUT2D eigenvalue weighted by atomic mass is 9.94. The van der Waals surface area contributed by atoms with Crippen molar-refractivity contribution in [1.82, 2.24) is 20.3 Å². The van der Waals surface area contributed by atoms with Crippen molar-refractivity contribution in [3.8, 4) is 0 Å². The van der Waals surface area contributed by atoms with Crippen molar-refractivity contribution in [2.24, 2.45) is 0 Å². The summed E-state index contributed by atoms with van der Waals surface area (Å²) in [6.45, 7) is 16.3. The first kappa shape index (κ1) is 28.8. The van der Waals surface area contributed by atoms with Crippen molar-refractivity contribution in [3.63, 3.8) is 0 Å². The number of fused-ring (bicyclic) bond motifs is 8. The van der Waals surface area contributed by atoms with Crippen molar-refractivity contribution in [1.29, 1.82) is 0 Å². The average Bonchev–Trinajstić information content (AvgIpc) is 3.59. The number of nitrogens with one attached hydrogen (secondary N) is 4. The monoisotopic (exact) mass is 566 g/mol. The molecule has 0 radical (unpaired) electrons. The Labute approximate surface area is 245 Å². The van der Waals surface area contributed by atoms with Crippen molar-refractivity contribution < 1.29 is 19.8 Å². The van der Waals surface area contributed by atoms with Gasteiger partial charge in [-0.3, -0.25) is 9.59 Å². The molecule has 218 valence electrons. The molecular weight excluding hydrogens is 528 g/mol. The largest absolute Gasteiger partial charge is 0.481 e. The van der Waals surface area contributed by atoms with Crippen molar-refractivity contribution in [3.05, 3.63) is 96.9 Å². The highest BCUT2D eigenvalue weighted by Crippen LogP contribution is 2.34. The summed E-state index contributed by atoms with van der Waals surface area (Å²) < 4.78 is 0. The van der Waals surface area contributed by atoms with E-state index in [1.807, 2.05) is 26.0 Å². The van der Waals surface area contributed by atoms with Crippen LogP contribution in [0, 0.1) is 20.8 Å². The average molecular weight is 567 g/mol. The lowest BCUT2D eigenvalue weighted by molar-refractivity contribution is -0.138. The summed E-state index contributed by atoms with van der Waals surface area (Å²) in [6.07, 6.45) is 11.4. The molecule has 8 heteroatoms. The van der Waals surface area contributed by atoms with Gasteiger partial charge < -0.3 is 30.5 Å². The molecule has 8 bridgehead atoms. The van der Waals surface area contributed by atoms with Gasteiger partial charge in [0.15, 0.2) is 0 Å². The number of allylic oxidation sites excluding steroid dienone is 1. The minimum Gasteiger partial charge on any atom is -0.481 e. The van der Waals surface area contributed by atoms with Crippen LogP contribution in [0.2, 0.25) is 0 Å². The zero-order valence-corrected chi connectivity index (χ0v) is 24.6. The van der Waals surface area contributed by atoms with E-state index < -0.39 is 11.9 Å². The Bertz CT molecular complexity index is 1820. The van der Waals surface area contributed by atoms with Crippen molar-refractivity contribution >= 4 is 42.3 Å². The Morgan fingerprint density at radius 3 is 2.12 bits per heavy atom. The minimum absolute atomic E-state index is 0.0214. The zero-order chi connectivity index (χ0) is 30.3. The molecule has 8 nitrogen and oxygen atoms in total. The second kappa shape index (κ2) is 11.3. The summed E-state index contributed by atoms with van der Waals surface area (Å²) in [5, 5.41) is 24.5. The fraction of sp³-hybridized carbons (Fsp3) is 0.294. The molecule has 1 atom stereocenters. The van der Waals surface area contributed by atoms with Crippen LogP contribution < -0.4 is 16.0 Å². The third kappa shape index (κ3) is 5.20. The highest BCUT2D eigenvalue weighted by molar-refractivity contribution is 5.74. The van der Waals surface area contributed by atoms with Crippen LogP contribution in [0.4, 0.5) is 0 Å². The molecule has 3 aromatic rings. The van der Waals surface area contributed by atoms with Crippen LogP contribution >= 0.6 is 0 Å².